The van der Waals surface area contributed by atoms with Crippen molar-refractivity contribution in [3.8, 4) is 11.5 Å². The number of aromatic nitrogens is 1. The summed E-state index contributed by atoms with van der Waals surface area (Å²) < 4.78 is 15.1. The molecule has 0 fully saturated rings. The number of para-hydroxylation sites is 1. The third-order valence-electron chi connectivity index (χ3n) is 4.56. The van der Waals surface area contributed by atoms with Gasteiger partial charge in [0.05, 0.1) is 38.0 Å². The highest BCUT2D eigenvalue weighted by atomic mass is 16.5. The van der Waals surface area contributed by atoms with Gasteiger partial charge in [0.2, 0.25) is 0 Å². The molecule has 0 amide bonds. The number of carboxylic acid groups (broad SMARTS) is 1. The summed E-state index contributed by atoms with van der Waals surface area (Å²) in [5.74, 6) is 0.00432. The van der Waals surface area contributed by atoms with E-state index in [0.29, 0.717) is 5.56 Å². The first-order valence-corrected chi connectivity index (χ1v) is 9.02. The predicted molar refractivity (Wildman–Crippen MR) is 114 cm³/mol. The number of rotatable bonds is 4. The van der Waals surface area contributed by atoms with Crippen molar-refractivity contribution in [2.24, 2.45) is 0 Å². The number of carboxylic acids is 1. The van der Waals surface area contributed by atoms with E-state index in [9.17, 15) is 9.59 Å². The van der Waals surface area contributed by atoms with Gasteiger partial charge in [0.1, 0.15) is 0 Å². The van der Waals surface area contributed by atoms with Gasteiger partial charge in [0, 0.05) is 22.4 Å². The van der Waals surface area contributed by atoms with Crippen LogP contribution in [-0.2, 0) is 4.74 Å². The van der Waals surface area contributed by atoms with Crippen LogP contribution >= 0.6 is 0 Å². The fourth-order valence-electron chi connectivity index (χ4n) is 3.04. The Balaban J connectivity index is 0.000000178. The van der Waals surface area contributed by atoms with Crippen molar-refractivity contribution in [1.29, 1.82) is 0 Å². The van der Waals surface area contributed by atoms with Crippen LogP contribution in [0, 0.1) is 0 Å². The molecular weight excluding hydrogens is 386 g/mol. The summed E-state index contributed by atoms with van der Waals surface area (Å²) >= 11 is 0. The van der Waals surface area contributed by atoms with E-state index in [-0.39, 0.29) is 5.56 Å². The molecule has 0 aliphatic rings. The molecule has 4 rings (SSSR count). The maximum atomic E-state index is 10.9. The molecule has 0 radical (unpaired) electrons. The van der Waals surface area contributed by atoms with Gasteiger partial charge < -0.3 is 24.3 Å². The first-order valence-electron chi connectivity index (χ1n) is 9.02. The molecule has 0 saturated heterocycles. The van der Waals surface area contributed by atoms with Crippen LogP contribution < -0.4 is 9.47 Å². The monoisotopic (exact) mass is 407 g/mol. The van der Waals surface area contributed by atoms with E-state index < -0.39 is 11.9 Å². The van der Waals surface area contributed by atoms with Crippen LogP contribution in [-0.4, -0.2) is 43.4 Å². The quantitative estimate of drug-likeness (QED) is 0.483. The lowest BCUT2D eigenvalue weighted by atomic mass is 10.1. The Morgan fingerprint density at radius 3 is 1.97 bits per heavy atom. The number of hydrogen-bond donors (Lipinski definition) is 2. The minimum absolute atomic E-state index is 0.146. The van der Waals surface area contributed by atoms with Crippen LogP contribution in [0.5, 0.6) is 11.5 Å². The van der Waals surface area contributed by atoms with Crippen LogP contribution in [0.2, 0.25) is 0 Å². The van der Waals surface area contributed by atoms with Gasteiger partial charge in [-0.05, 0) is 36.4 Å². The lowest BCUT2D eigenvalue weighted by molar-refractivity contribution is 0.0598. The van der Waals surface area contributed by atoms with Crippen LogP contribution in [0.25, 0.3) is 21.8 Å². The molecule has 1 heterocycles. The number of ether oxygens (including phenoxy) is 3. The second-order valence-electron chi connectivity index (χ2n) is 6.30. The number of benzene rings is 3. The fourth-order valence-corrected chi connectivity index (χ4v) is 3.04. The average molecular weight is 407 g/mol. The van der Waals surface area contributed by atoms with E-state index in [1.807, 2.05) is 24.3 Å². The van der Waals surface area contributed by atoms with E-state index in [1.165, 1.54) is 36.8 Å². The van der Waals surface area contributed by atoms with E-state index in [1.54, 1.807) is 14.2 Å². The second kappa shape index (κ2) is 9.00. The zero-order chi connectivity index (χ0) is 21.7. The van der Waals surface area contributed by atoms with E-state index in [2.05, 4.69) is 21.9 Å². The summed E-state index contributed by atoms with van der Waals surface area (Å²) in [6.45, 7) is 0. The molecule has 1 aromatic heterocycles. The van der Waals surface area contributed by atoms with E-state index in [0.717, 1.165) is 27.9 Å². The molecule has 4 aromatic rings. The molecule has 3 aromatic carbocycles. The average Bonchev–Trinajstić information content (AvgIpc) is 3.15. The van der Waals surface area contributed by atoms with Crippen molar-refractivity contribution in [2.75, 3.05) is 21.3 Å². The molecule has 7 nitrogen and oxygen atoms in total. The van der Waals surface area contributed by atoms with E-state index in [4.69, 9.17) is 14.6 Å². The summed E-state index contributed by atoms with van der Waals surface area (Å²) in [5, 5.41) is 10.9. The second-order valence-corrected chi connectivity index (χ2v) is 6.30. The number of carbonyl (C=O) groups is 2. The van der Waals surface area contributed by atoms with Gasteiger partial charge in [-0.3, -0.25) is 0 Å². The topological polar surface area (TPSA) is 97.9 Å². The van der Waals surface area contributed by atoms with Crippen molar-refractivity contribution in [2.45, 2.75) is 0 Å². The normalized spacial score (nSPS) is 10.2. The molecule has 0 atom stereocenters. The van der Waals surface area contributed by atoms with Crippen LogP contribution in [0.15, 0.2) is 60.7 Å². The van der Waals surface area contributed by atoms with Crippen LogP contribution in [0.4, 0.5) is 0 Å². The zero-order valence-electron chi connectivity index (χ0n) is 16.8. The van der Waals surface area contributed by atoms with Crippen molar-refractivity contribution < 1.29 is 28.9 Å². The highest BCUT2D eigenvalue weighted by Gasteiger charge is 2.10. The van der Waals surface area contributed by atoms with Gasteiger partial charge in [-0.1, -0.05) is 18.2 Å². The number of nitrogens with one attached hydrogen (secondary N) is 1. The number of carbonyl (C=O) groups excluding carboxylic acids is 1. The summed E-state index contributed by atoms with van der Waals surface area (Å²) in [6.07, 6.45) is 0. The molecule has 7 heteroatoms. The molecule has 154 valence electrons. The van der Waals surface area contributed by atoms with Crippen LogP contribution in [0.3, 0.4) is 0 Å². The number of fused-ring (bicyclic) bond motifs is 3. The highest BCUT2D eigenvalue weighted by molar-refractivity contribution is 6.08. The first-order chi connectivity index (χ1) is 14.5. The molecule has 0 unspecified atom stereocenters. The van der Waals surface area contributed by atoms with Gasteiger partial charge in [-0.15, -0.1) is 0 Å². The standard InChI is InChI=1S/C14H13NO2.C9H8O4/c1-16-13-7-10-9-5-3-4-6-11(9)15-12(10)8-14(13)17-2;1-13-9(12)7-4-2-6(3-5-7)8(10)11/h3-8,15H,1-2H3;2-5H,1H3,(H,10,11). The van der Waals surface area contributed by atoms with E-state index >= 15 is 0 Å². The predicted octanol–water partition coefficient (Wildman–Crippen LogP) is 4.51. The van der Waals surface area contributed by atoms with Crippen molar-refractivity contribution in [3.05, 3.63) is 71.8 Å². The Morgan fingerprint density at radius 2 is 1.37 bits per heavy atom. The van der Waals surface area contributed by atoms with Crippen molar-refractivity contribution >= 4 is 33.7 Å². The summed E-state index contributed by atoms with van der Waals surface area (Å²) in [6, 6.07) is 17.7. The number of methoxy groups -OCH3 is 3. The third kappa shape index (κ3) is 4.20. The largest absolute Gasteiger partial charge is 0.493 e. The number of esters is 1. The molecule has 30 heavy (non-hydrogen) atoms. The summed E-state index contributed by atoms with van der Waals surface area (Å²) in [7, 11) is 4.57. The Labute approximate surface area is 172 Å². The third-order valence-corrected chi connectivity index (χ3v) is 4.56. The van der Waals surface area contributed by atoms with Crippen LogP contribution in [0.1, 0.15) is 20.7 Å². The number of H-pyrrole nitrogens is 1. The molecule has 0 aliphatic heterocycles. The summed E-state index contributed by atoms with van der Waals surface area (Å²) in [4.78, 5) is 24.7. The summed E-state index contributed by atoms with van der Waals surface area (Å²) in [5.41, 5.74) is 2.67. The molecule has 0 saturated carbocycles. The van der Waals surface area contributed by atoms with Gasteiger partial charge in [0.15, 0.2) is 11.5 Å². The number of aromatic carboxylic acids is 1. The molecule has 0 bridgehead atoms. The molecule has 2 N–H and O–H groups in total. The Kier molecular flexibility index (Phi) is 6.22. The number of aromatic amines is 1. The highest BCUT2D eigenvalue weighted by Crippen LogP contribution is 2.35. The molecule has 0 spiro atoms. The molecule has 0 aliphatic carbocycles. The van der Waals surface area contributed by atoms with Gasteiger partial charge in [0.25, 0.3) is 0 Å². The van der Waals surface area contributed by atoms with Gasteiger partial charge in [-0.25, -0.2) is 9.59 Å². The van der Waals surface area contributed by atoms with Gasteiger partial charge in [-0.2, -0.15) is 0 Å². The van der Waals surface area contributed by atoms with Crippen molar-refractivity contribution in [3.63, 3.8) is 0 Å². The Morgan fingerprint density at radius 1 is 0.767 bits per heavy atom. The Hall–Kier alpha value is -4.00. The zero-order valence-corrected chi connectivity index (χ0v) is 16.8. The Bertz CT molecular complexity index is 1190. The number of hydrogen-bond acceptors (Lipinski definition) is 5. The molecular formula is C23H21NO6. The van der Waals surface area contributed by atoms with Gasteiger partial charge >= 0.3 is 11.9 Å². The maximum Gasteiger partial charge on any atom is 0.337 e. The first kappa shape index (κ1) is 20.7. The fraction of sp³-hybridized carbons (Fsp3) is 0.130. The lowest BCUT2D eigenvalue weighted by Crippen LogP contribution is -2.02. The minimum atomic E-state index is -1.02. The smallest absolute Gasteiger partial charge is 0.337 e. The minimum Gasteiger partial charge on any atom is -0.493 e. The lowest BCUT2D eigenvalue weighted by Gasteiger charge is -2.07. The maximum absolute atomic E-state index is 10.9. The SMILES string of the molecule is COC(=O)c1ccc(C(=O)O)cc1.COc1cc2[nH]c3ccccc3c2cc1OC. The van der Waals surface area contributed by atoms with Crippen molar-refractivity contribution in [1.82, 2.24) is 4.98 Å².